The molecule has 0 saturated heterocycles. The predicted molar refractivity (Wildman–Crippen MR) is 50.3 cm³/mol. The summed E-state index contributed by atoms with van der Waals surface area (Å²) in [7, 11) is 0.291. The first kappa shape index (κ1) is 11.3. The Morgan fingerprint density at radius 3 is 2.67 bits per heavy atom. The average molecular weight is 189 g/mol. The van der Waals surface area contributed by atoms with Gasteiger partial charge < -0.3 is 0 Å². The van der Waals surface area contributed by atoms with Crippen LogP contribution in [-0.2, 0) is 11.0 Å². The molecular formula is C8H12FNOS. The predicted octanol–water partition coefficient (Wildman–Crippen LogP) is 1.81. The molecule has 0 bridgehead atoms. The molecule has 4 heteroatoms. The van der Waals surface area contributed by atoms with Crippen LogP contribution in [0.3, 0.4) is 0 Å². The van der Waals surface area contributed by atoms with Gasteiger partial charge in [-0.3, -0.25) is 0 Å². The van der Waals surface area contributed by atoms with Crippen LogP contribution in [0, 0.1) is 0 Å². The van der Waals surface area contributed by atoms with Gasteiger partial charge in [-0.15, -0.1) is 0 Å². The molecule has 0 rings (SSSR count). The minimum Gasteiger partial charge on any atom is -0.238 e. The topological polar surface area (TPSA) is 29.1 Å². The zero-order chi connectivity index (χ0) is 9.56. The molecule has 68 valence electrons. The SMILES string of the molecule is C=C(/C=C\C=C(/C)F)S(=O)NC. The van der Waals surface area contributed by atoms with Gasteiger partial charge in [0.2, 0.25) is 0 Å². The first-order chi connectivity index (χ1) is 5.57. The molecular weight excluding hydrogens is 177 g/mol. The van der Waals surface area contributed by atoms with E-state index >= 15 is 0 Å². The molecule has 1 unspecified atom stereocenters. The van der Waals surface area contributed by atoms with E-state index in [-0.39, 0.29) is 5.83 Å². The van der Waals surface area contributed by atoms with Gasteiger partial charge in [0, 0.05) is 4.91 Å². The first-order valence-electron chi connectivity index (χ1n) is 3.36. The lowest BCUT2D eigenvalue weighted by atomic mass is 10.4. The monoisotopic (exact) mass is 189 g/mol. The number of hydrogen-bond donors (Lipinski definition) is 1. The van der Waals surface area contributed by atoms with Crippen LogP contribution in [0.1, 0.15) is 6.92 Å². The van der Waals surface area contributed by atoms with Crippen LogP contribution in [-0.4, -0.2) is 11.3 Å². The smallest absolute Gasteiger partial charge is 0.124 e. The Morgan fingerprint density at radius 2 is 2.25 bits per heavy atom. The Kier molecular flexibility index (Phi) is 5.49. The maximum Gasteiger partial charge on any atom is 0.124 e. The summed E-state index contributed by atoms with van der Waals surface area (Å²) in [5, 5.41) is 0. The van der Waals surface area contributed by atoms with Gasteiger partial charge in [-0.1, -0.05) is 12.7 Å². The molecule has 0 radical (unpaired) electrons. The van der Waals surface area contributed by atoms with Gasteiger partial charge in [-0.25, -0.2) is 13.3 Å². The van der Waals surface area contributed by atoms with Crippen molar-refractivity contribution in [2.45, 2.75) is 6.92 Å². The lowest BCUT2D eigenvalue weighted by molar-refractivity contribution is 0.640. The van der Waals surface area contributed by atoms with E-state index in [1.807, 2.05) is 0 Å². The van der Waals surface area contributed by atoms with Gasteiger partial charge in [0.1, 0.15) is 11.0 Å². The van der Waals surface area contributed by atoms with E-state index in [4.69, 9.17) is 0 Å². The Labute approximate surface area is 74.5 Å². The summed E-state index contributed by atoms with van der Waals surface area (Å²) < 4.78 is 25.6. The van der Waals surface area contributed by atoms with E-state index in [1.165, 1.54) is 25.2 Å². The van der Waals surface area contributed by atoms with Gasteiger partial charge >= 0.3 is 0 Å². The third-order valence-electron chi connectivity index (χ3n) is 1.03. The van der Waals surface area contributed by atoms with E-state index in [9.17, 15) is 8.60 Å². The van der Waals surface area contributed by atoms with E-state index < -0.39 is 11.0 Å². The summed E-state index contributed by atoms with van der Waals surface area (Å²) in [5.41, 5.74) is 0. The zero-order valence-corrected chi connectivity index (χ0v) is 7.95. The van der Waals surface area contributed by atoms with Crippen molar-refractivity contribution in [3.8, 4) is 0 Å². The minimum atomic E-state index is -1.27. The van der Waals surface area contributed by atoms with Crippen molar-refractivity contribution in [1.82, 2.24) is 4.72 Å². The highest BCUT2D eigenvalue weighted by atomic mass is 32.2. The van der Waals surface area contributed by atoms with Crippen LogP contribution in [0.5, 0.6) is 0 Å². The molecule has 0 aromatic carbocycles. The summed E-state index contributed by atoms with van der Waals surface area (Å²) in [6.07, 6.45) is 4.24. The molecule has 0 spiro atoms. The fourth-order valence-electron chi connectivity index (χ4n) is 0.481. The second-order valence-electron chi connectivity index (χ2n) is 2.05. The van der Waals surface area contributed by atoms with E-state index in [0.717, 1.165) is 0 Å². The number of hydrogen-bond acceptors (Lipinski definition) is 1. The van der Waals surface area contributed by atoms with E-state index in [2.05, 4.69) is 11.3 Å². The van der Waals surface area contributed by atoms with Crippen LogP contribution in [0.4, 0.5) is 4.39 Å². The molecule has 1 N–H and O–H groups in total. The molecule has 1 atom stereocenters. The molecule has 0 aromatic rings. The van der Waals surface area contributed by atoms with Crippen molar-refractivity contribution < 1.29 is 8.60 Å². The average Bonchev–Trinajstić information content (AvgIpc) is 2.02. The Balaban J connectivity index is 4.10. The summed E-state index contributed by atoms with van der Waals surface area (Å²) >= 11 is 0. The summed E-state index contributed by atoms with van der Waals surface area (Å²) in [6, 6.07) is 0. The molecule has 0 fully saturated rings. The van der Waals surface area contributed by atoms with Crippen molar-refractivity contribution in [3.63, 3.8) is 0 Å². The largest absolute Gasteiger partial charge is 0.238 e. The second kappa shape index (κ2) is 5.85. The Hall–Kier alpha value is -0.740. The lowest BCUT2D eigenvalue weighted by Gasteiger charge is -1.95. The number of halogens is 1. The maximum absolute atomic E-state index is 12.1. The van der Waals surface area contributed by atoms with Crippen LogP contribution in [0.2, 0.25) is 0 Å². The fraction of sp³-hybridized carbons (Fsp3) is 0.250. The highest BCUT2D eigenvalue weighted by molar-refractivity contribution is 7.87. The van der Waals surface area contributed by atoms with Crippen LogP contribution in [0.25, 0.3) is 0 Å². The van der Waals surface area contributed by atoms with Crippen molar-refractivity contribution in [2.75, 3.05) is 7.05 Å². The van der Waals surface area contributed by atoms with Gasteiger partial charge in [-0.2, -0.15) is 0 Å². The van der Waals surface area contributed by atoms with Gasteiger partial charge in [0.15, 0.2) is 0 Å². The molecule has 0 heterocycles. The second-order valence-corrected chi connectivity index (χ2v) is 3.52. The zero-order valence-electron chi connectivity index (χ0n) is 7.13. The Bertz CT molecular complexity index is 241. The minimum absolute atomic E-state index is 0.297. The molecule has 0 saturated carbocycles. The van der Waals surface area contributed by atoms with Crippen molar-refractivity contribution in [1.29, 1.82) is 0 Å². The molecule has 0 amide bonds. The highest BCUT2D eigenvalue weighted by Gasteiger charge is 1.94. The van der Waals surface area contributed by atoms with Gasteiger partial charge in [-0.05, 0) is 26.1 Å². The van der Waals surface area contributed by atoms with Crippen molar-refractivity contribution in [3.05, 3.63) is 35.5 Å². The lowest BCUT2D eigenvalue weighted by Crippen LogP contribution is -2.10. The molecule has 0 aliphatic rings. The molecule has 2 nitrogen and oxygen atoms in total. The van der Waals surface area contributed by atoms with Crippen molar-refractivity contribution >= 4 is 11.0 Å². The molecule has 0 aliphatic carbocycles. The molecule has 0 aromatic heterocycles. The number of rotatable bonds is 4. The van der Waals surface area contributed by atoms with Crippen LogP contribution >= 0.6 is 0 Å². The fourth-order valence-corrected chi connectivity index (χ4v) is 0.945. The summed E-state index contributed by atoms with van der Waals surface area (Å²) in [4.78, 5) is 0.412. The first-order valence-corrected chi connectivity index (χ1v) is 4.51. The number of allylic oxidation sites excluding steroid dienone is 4. The highest BCUT2D eigenvalue weighted by Crippen LogP contribution is 1.99. The summed E-state index contributed by atoms with van der Waals surface area (Å²) in [6.45, 7) is 4.86. The third-order valence-corrected chi connectivity index (χ3v) is 2.01. The standard InChI is InChI=1S/C8H12FNOS/c1-7(9)5-4-6-8(2)12(11)10-3/h4-6,10H,2H2,1,3H3/b6-4-,7-5+. The summed E-state index contributed by atoms with van der Waals surface area (Å²) in [5.74, 6) is -0.297. The normalized spacial score (nSPS) is 15.1. The van der Waals surface area contributed by atoms with Gasteiger partial charge in [0.25, 0.3) is 0 Å². The molecule has 12 heavy (non-hydrogen) atoms. The maximum atomic E-state index is 12.1. The van der Waals surface area contributed by atoms with Crippen LogP contribution in [0.15, 0.2) is 35.5 Å². The third kappa shape index (κ3) is 4.98. The Morgan fingerprint density at radius 1 is 1.67 bits per heavy atom. The quantitative estimate of drug-likeness (QED) is 0.671. The molecule has 0 aliphatic heterocycles. The van der Waals surface area contributed by atoms with E-state index in [0.29, 0.717) is 4.91 Å². The van der Waals surface area contributed by atoms with Crippen LogP contribution < -0.4 is 4.72 Å². The van der Waals surface area contributed by atoms with Crippen molar-refractivity contribution in [2.24, 2.45) is 0 Å². The number of nitrogens with one attached hydrogen (secondary N) is 1. The van der Waals surface area contributed by atoms with Gasteiger partial charge in [0.05, 0.1) is 5.83 Å². The van der Waals surface area contributed by atoms with E-state index in [1.54, 1.807) is 7.05 Å².